The molecule has 1 aliphatic heterocycles. The summed E-state index contributed by atoms with van der Waals surface area (Å²) in [5.74, 6) is -0.239. The lowest BCUT2D eigenvalue weighted by Crippen LogP contribution is -2.45. The molecule has 0 spiro atoms. The summed E-state index contributed by atoms with van der Waals surface area (Å²) in [6, 6.07) is 4.19. The zero-order valence-corrected chi connectivity index (χ0v) is 13.5. The van der Waals surface area contributed by atoms with Gasteiger partial charge in [-0.25, -0.2) is 4.79 Å². The molecule has 0 radical (unpaired) electrons. The van der Waals surface area contributed by atoms with Gasteiger partial charge in [0, 0.05) is 37.9 Å². The van der Waals surface area contributed by atoms with Gasteiger partial charge in [0.15, 0.2) is 0 Å². The van der Waals surface area contributed by atoms with E-state index in [0.717, 1.165) is 51.0 Å². The van der Waals surface area contributed by atoms with Crippen molar-refractivity contribution < 1.29 is 9.53 Å². The molecule has 1 aromatic rings. The number of benzene rings is 1. The molecule has 0 aromatic heterocycles. The van der Waals surface area contributed by atoms with E-state index < -0.39 is 0 Å². The highest BCUT2D eigenvalue weighted by molar-refractivity contribution is 5.92. The van der Waals surface area contributed by atoms with E-state index in [9.17, 15) is 4.79 Å². The van der Waals surface area contributed by atoms with Crippen LogP contribution in [0.15, 0.2) is 12.1 Å². The Hall–Kier alpha value is -1.59. The van der Waals surface area contributed by atoms with Gasteiger partial charge in [0.25, 0.3) is 0 Å². The highest BCUT2D eigenvalue weighted by Gasteiger charge is 2.27. The van der Waals surface area contributed by atoms with E-state index in [-0.39, 0.29) is 12.0 Å². The first-order chi connectivity index (χ1) is 10.6. The predicted octanol–water partition coefficient (Wildman–Crippen LogP) is 1.04. The van der Waals surface area contributed by atoms with Gasteiger partial charge in [-0.3, -0.25) is 0 Å². The molecule has 0 amide bonds. The maximum absolute atomic E-state index is 12.0. The number of hydrogen-bond donors (Lipinski definition) is 1. The maximum atomic E-state index is 12.0. The average Bonchev–Trinajstić information content (AvgIpc) is 2.54. The van der Waals surface area contributed by atoms with E-state index in [1.165, 1.54) is 18.4 Å². The number of esters is 1. The van der Waals surface area contributed by atoms with Gasteiger partial charge in [-0.15, -0.1) is 0 Å². The molecular formula is C17H25N3O2. The maximum Gasteiger partial charge on any atom is 0.338 e. The lowest BCUT2D eigenvalue weighted by molar-refractivity contribution is 0.0599. The highest BCUT2D eigenvalue weighted by atomic mass is 16.5. The lowest BCUT2D eigenvalue weighted by Gasteiger charge is -2.37. The monoisotopic (exact) mass is 303 g/mol. The topological polar surface area (TPSA) is 58.8 Å². The van der Waals surface area contributed by atoms with Gasteiger partial charge in [0.1, 0.15) is 0 Å². The second kappa shape index (κ2) is 6.26. The molecule has 0 saturated carbocycles. The van der Waals surface area contributed by atoms with Crippen molar-refractivity contribution in [1.29, 1.82) is 0 Å². The van der Waals surface area contributed by atoms with Crippen molar-refractivity contribution in [1.82, 2.24) is 4.90 Å². The molecule has 1 fully saturated rings. The Kier molecular flexibility index (Phi) is 4.36. The molecule has 1 aromatic carbocycles. The van der Waals surface area contributed by atoms with Gasteiger partial charge < -0.3 is 20.3 Å². The quantitative estimate of drug-likeness (QED) is 0.827. The Morgan fingerprint density at radius 1 is 1.23 bits per heavy atom. The minimum atomic E-state index is -0.239. The first-order valence-corrected chi connectivity index (χ1v) is 8.02. The van der Waals surface area contributed by atoms with E-state index in [0.29, 0.717) is 5.56 Å². The lowest BCUT2D eigenvalue weighted by atomic mass is 9.84. The van der Waals surface area contributed by atoms with Gasteiger partial charge in [0.05, 0.1) is 12.7 Å². The average molecular weight is 303 g/mol. The van der Waals surface area contributed by atoms with Gasteiger partial charge in [0.2, 0.25) is 0 Å². The van der Waals surface area contributed by atoms with Crippen LogP contribution in [0, 0.1) is 0 Å². The van der Waals surface area contributed by atoms with Crippen molar-refractivity contribution in [2.75, 3.05) is 45.2 Å². The second-order valence-corrected chi connectivity index (χ2v) is 6.37. The third-order valence-electron chi connectivity index (χ3n) is 4.89. The first kappa shape index (κ1) is 15.3. The normalized spacial score (nSPS) is 22.3. The number of nitrogens with zero attached hydrogens (tertiary/aromatic N) is 2. The number of piperazine rings is 1. The summed E-state index contributed by atoms with van der Waals surface area (Å²) in [5.41, 5.74) is 10.6. The van der Waals surface area contributed by atoms with Crippen molar-refractivity contribution in [3.05, 3.63) is 28.8 Å². The minimum Gasteiger partial charge on any atom is -0.465 e. The summed E-state index contributed by atoms with van der Waals surface area (Å²) >= 11 is 0. The third-order valence-corrected chi connectivity index (χ3v) is 4.89. The number of carbonyl (C=O) groups excluding carboxylic acids is 1. The molecular weight excluding hydrogens is 278 g/mol. The van der Waals surface area contributed by atoms with Crippen molar-refractivity contribution >= 4 is 11.7 Å². The number of likely N-dealkylation sites (N-methyl/N-ethyl adjacent to an activating group) is 1. The summed E-state index contributed by atoms with van der Waals surface area (Å²) in [6.07, 6.45) is 2.65. The van der Waals surface area contributed by atoms with Crippen LogP contribution in [0.1, 0.15) is 27.9 Å². The number of fused-ring (bicyclic) bond motifs is 1. The predicted molar refractivity (Wildman–Crippen MR) is 87.5 cm³/mol. The molecule has 1 heterocycles. The summed E-state index contributed by atoms with van der Waals surface area (Å²) in [4.78, 5) is 16.8. The van der Waals surface area contributed by atoms with E-state index in [2.05, 4.69) is 22.9 Å². The van der Waals surface area contributed by atoms with Crippen LogP contribution < -0.4 is 10.6 Å². The zero-order chi connectivity index (χ0) is 15.7. The van der Waals surface area contributed by atoms with E-state index >= 15 is 0 Å². The molecule has 120 valence electrons. The molecule has 1 saturated heterocycles. The van der Waals surface area contributed by atoms with Crippen molar-refractivity contribution in [3.63, 3.8) is 0 Å². The van der Waals surface area contributed by atoms with Crippen LogP contribution in [0.2, 0.25) is 0 Å². The number of nitrogens with two attached hydrogens (primary N) is 1. The summed E-state index contributed by atoms with van der Waals surface area (Å²) in [5, 5.41) is 0. The number of anilines is 1. The minimum absolute atomic E-state index is 0.187. The number of hydrogen-bond acceptors (Lipinski definition) is 5. The van der Waals surface area contributed by atoms with Gasteiger partial charge >= 0.3 is 5.97 Å². The number of ether oxygens (including phenoxy) is 1. The van der Waals surface area contributed by atoms with Crippen LogP contribution in [0.25, 0.3) is 0 Å². The first-order valence-electron chi connectivity index (χ1n) is 8.02. The van der Waals surface area contributed by atoms with Crippen LogP contribution in [0.4, 0.5) is 5.69 Å². The Labute approximate surface area is 132 Å². The van der Waals surface area contributed by atoms with Gasteiger partial charge in [-0.1, -0.05) is 0 Å². The van der Waals surface area contributed by atoms with E-state index in [1.807, 2.05) is 6.07 Å². The van der Waals surface area contributed by atoms with E-state index in [1.54, 1.807) is 0 Å². The number of carbonyl (C=O) groups is 1. The smallest absolute Gasteiger partial charge is 0.338 e. The standard InChI is InChI=1S/C17H25N3O2/c1-19-7-9-20(10-8-19)16-6-5-14(17(21)22-2)13-4-3-12(18)11-15(13)16/h5-6,12H,3-4,7-11,18H2,1-2H3/t12-/m1/s1. The summed E-state index contributed by atoms with van der Waals surface area (Å²) in [7, 11) is 3.60. The largest absolute Gasteiger partial charge is 0.465 e. The number of rotatable bonds is 2. The van der Waals surface area contributed by atoms with Crippen molar-refractivity contribution in [2.24, 2.45) is 5.73 Å². The Balaban J connectivity index is 1.99. The molecule has 1 atom stereocenters. The fourth-order valence-electron chi connectivity index (χ4n) is 3.53. The Morgan fingerprint density at radius 2 is 1.95 bits per heavy atom. The fourth-order valence-corrected chi connectivity index (χ4v) is 3.53. The molecule has 5 heteroatoms. The summed E-state index contributed by atoms with van der Waals surface area (Å²) in [6.45, 7) is 4.19. The molecule has 0 bridgehead atoms. The molecule has 2 N–H and O–H groups in total. The molecule has 22 heavy (non-hydrogen) atoms. The highest BCUT2D eigenvalue weighted by Crippen LogP contribution is 2.33. The second-order valence-electron chi connectivity index (χ2n) is 6.37. The van der Waals surface area contributed by atoms with Crippen LogP contribution in [0.5, 0.6) is 0 Å². The van der Waals surface area contributed by atoms with Crippen molar-refractivity contribution in [2.45, 2.75) is 25.3 Å². The van der Waals surface area contributed by atoms with Crippen molar-refractivity contribution in [3.8, 4) is 0 Å². The molecule has 3 rings (SSSR count). The SMILES string of the molecule is COC(=O)c1ccc(N2CCN(C)CC2)c2c1CC[C@@H](N)C2. The van der Waals surface area contributed by atoms with Gasteiger partial charge in [-0.2, -0.15) is 0 Å². The molecule has 0 unspecified atom stereocenters. The van der Waals surface area contributed by atoms with E-state index in [4.69, 9.17) is 10.5 Å². The Bertz CT molecular complexity index is 565. The molecule has 2 aliphatic rings. The molecule has 1 aliphatic carbocycles. The summed E-state index contributed by atoms with van der Waals surface area (Å²) < 4.78 is 4.94. The number of methoxy groups -OCH3 is 1. The van der Waals surface area contributed by atoms with Gasteiger partial charge in [-0.05, 0) is 49.6 Å². The molecule has 5 nitrogen and oxygen atoms in total. The Morgan fingerprint density at radius 3 is 2.64 bits per heavy atom. The van der Waals surface area contributed by atoms with Crippen LogP contribution >= 0.6 is 0 Å². The zero-order valence-electron chi connectivity index (χ0n) is 13.5. The van der Waals surface area contributed by atoms with Crippen LogP contribution in [-0.2, 0) is 17.6 Å². The van der Waals surface area contributed by atoms with Crippen LogP contribution in [-0.4, -0.2) is 57.2 Å². The fraction of sp³-hybridized carbons (Fsp3) is 0.588. The van der Waals surface area contributed by atoms with Crippen LogP contribution in [0.3, 0.4) is 0 Å². The third kappa shape index (κ3) is 2.83.